The summed E-state index contributed by atoms with van der Waals surface area (Å²) in [5, 5.41) is 0. The summed E-state index contributed by atoms with van der Waals surface area (Å²) in [7, 11) is 1.56. The van der Waals surface area contributed by atoms with Crippen molar-refractivity contribution < 1.29 is 14.3 Å². The monoisotopic (exact) mass is 286 g/mol. The highest BCUT2D eigenvalue weighted by Gasteiger charge is 2.01. The number of ether oxygens (including phenoxy) is 2. The number of rotatable bonds is 16. The highest BCUT2D eigenvalue weighted by Crippen LogP contribution is 2.11. The molecule has 0 fully saturated rings. The number of ketones is 1. The number of carbonyl (C=O) groups is 1. The molecule has 0 heterocycles. The van der Waals surface area contributed by atoms with Crippen LogP contribution in [0.5, 0.6) is 0 Å². The van der Waals surface area contributed by atoms with Crippen molar-refractivity contribution in [2.75, 3.05) is 20.5 Å². The second-order valence-corrected chi connectivity index (χ2v) is 5.58. The summed E-state index contributed by atoms with van der Waals surface area (Å²) in [5.41, 5.74) is 0. The molecule has 0 rings (SSSR count). The molecule has 0 saturated heterocycles. The van der Waals surface area contributed by atoms with Crippen molar-refractivity contribution in [3.63, 3.8) is 0 Å². The number of methoxy groups -OCH3 is 1. The molecular formula is C17H34O3. The molecule has 0 aromatic rings. The molecule has 0 bridgehead atoms. The van der Waals surface area contributed by atoms with Gasteiger partial charge < -0.3 is 9.47 Å². The molecule has 3 nitrogen and oxygen atoms in total. The summed E-state index contributed by atoms with van der Waals surface area (Å²) < 4.78 is 9.75. The van der Waals surface area contributed by atoms with Gasteiger partial charge in [-0.25, -0.2) is 0 Å². The zero-order valence-corrected chi connectivity index (χ0v) is 13.6. The third-order valence-electron chi connectivity index (χ3n) is 3.52. The molecule has 0 aliphatic rings. The van der Waals surface area contributed by atoms with Gasteiger partial charge in [-0.3, -0.25) is 4.79 Å². The Bertz CT molecular complexity index is 204. The lowest BCUT2D eigenvalue weighted by Crippen LogP contribution is -2.09. The number of hydrogen-bond donors (Lipinski definition) is 0. The lowest BCUT2D eigenvalue weighted by Gasteiger charge is -2.03. The maximum Gasteiger partial charge on any atom is 0.158 e. The molecule has 0 aliphatic carbocycles. The maximum absolute atomic E-state index is 11.4. The first kappa shape index (κ1) is 19.6. The van der Waals surface area contributed by atoms with E-state index in [1.165, 1.54) is 64.2 Å². The van der Waals surface area contributed by atoms with Gasteiger partial charge in [-0.15, -0.1) is 0 Å². The van der Waals surface area contributed by atoms with E-state index in [1.807, 2.05) is 0 Å². The standard InChI is InChI=1S/C17H34O3/c1-3-4-5-6-7-8-9-10-11-12-13-14-17(18)15-20-16-19-2/h3-16H2,1-2H3. The zero-order valence-electron chi connectivity index (χ0n) is 13.6. The minimum absolute atomic E-state index is 0.193. The van der Waals surface area contributed by atoms with Crippen molar-refractivity contribution in [3.8, 4) is 0 Å². The highest BCUT2D eigenvalue weighted by atomic mass is 16.7. The van der Waals surface area contributed by atoms with E-state index in [1.54, 1.807) is 7.11 Å². The van der Waals surface area contributed by atoms with Crippen molar-refractivity contribution in [3.05, 3.63) is 0 Å². The van der Waals surface area contributed by atoms with Crippen molar-refractivity contribution in [2.45, 2.75) is 84.0 Å². The Balaban J connectivity index is 3.07. The Kier molecular flexibility index (Phi) is 16.3. The Hall–Kier alpha value is -0.410. The Morgan fingerprint density at radius 2 is 1.30 bits per heavy atom. The van der Waals surface area contributed by atoms with Gasteiger partial charge in [0.25, 0.3) is 0 Å². The first-order valence-electron chi connectivity index (χ1n) is 8.39. The van der Waals surface area contributed by atoms with Crippen molar-refractivity contribution in [2.24, 2.45) is 0 Å². The van der Waals surface area contributed by atoms with Crippen LogP contribution in [0.1, 0.15) is 84.0 Å². The van der Waals surface area contributed by atoms with Crippen LogP contribution in [-0.4, -0.2) is 26.3 Å². The van der Waals surface area contributed by atoms with Gasteiger partial charge in [0.15, 0.2) is 5.78 Å². The van der Waals surface area contributed by atoms with E-state index < -0.39 is 0 Å². The van der Waals surface area contributed by atoms with Crippen LogP contribution in [0.3, 0.4) is 0 Å². The molecule has 0 radical (unpaired) electrons. The second kappa shape index (κ2) is 16.6. The lowest BCUT2D eigenvalue weighted by atomic mass is 10.0. The minimum Gasteiger partial charge on any atom is -0.359 e. The maximum atomic E-state index is 11.4. The Morgan fingerprint density at radius 1 is 0.800 bits per heavy atom. The van der Waals surface area contributed by atoms with Crippen LogP contribution in [0.15, 0.2) is 0 Å². The summed E-state index contributed by atoms with van der Waals surface area (Å²) in [6, 6.07) is 0. The summed E-state index contributed by atoms with van der Waals surface area (Å²) in [4.78, 5) is 11.4. The van der Waals surface area contributed by atoms with Gasteiger partial charge in [0.05, 0.1) is 0 Å². The van der Waals surface area contributed by atoms with Gasteiger partial charge in [-0.05, 0) is 6.42 Å². The average Bonchev–Trinajstić information content (AvgIpc) is 2.45. The van der Waals surface area contributed by atoms with E-state index in [-0.39, 0.29) is 19.2 Å². The number of Topliss-reactive ketones (excluding diaryl/α,β-unsaturated/α-hetero) is 1. The fourth-order valence-corrected chi connectivity index (χ4v) is 2.30. The first-order valence-corrected chi connectivity index (χ1v) is 8.39. The molecule has 0 aromatic carbocycles. The molecule has 0 atom stereocenters. The van der Waals surface area contributed by atoms with Crippen LogP contribution in [0, 0.1) is 0 Å². The molecule has 0 aliphatic heterocycles. The molecule has 0 unspecified atom stereocenters. The molecule has 0 spiro atoms. The van der Waals surface area contributed by atoms with E-state index in [0.29, 0.717) is 6.42 Å². The van der Waals surface area contributed by atoms with Crippen LogP contribution in [-0.2, 0) is 14.3 Å². The SMILES string of the molecule is CCCCCCCCCCCCCC(=O)COCOC. The molecular weight excluding hydrogens is 252 g/mol. The van der Waals surface area contributed by atoms with Crippen molar-refractivity contribution in [1.82, 2.24) is 0 Å². The van der Waals surface area contributed by atoms with Gasteiger partial charge in [0.1, 0.15) is 13.4 Å². The van der Waals surface area contributed by atoms with E-state index in [2.05, 4.69) is 6.92 Å². The Morgan fingerprint density at radius 3 is 1.80 bits per heavy atom. The number of carbonyl (C=O) groups excluding carboxylic acids is 1. The van der Waals surface area contributed by atoms with Crippen LogP contribution >= 0.6 is 0 Å². The van der Waals surface area contributed by atoms with Crippen molar-refractivity contribution in [1.29, 1.82) is 0 Å². The molecule has 3 heteroatoms. The van der Waals surface area contributed by atoms with Crippen LogP contribution < -0.4 is 0 Å². The average molecular weight is 286 g/mol. The molecule has 0 N–H and O–H groups in total. The summed E-state index contributed by atoms with van der Waals surface area (Å²) >= 11 is 0. The molecule has 0 amide bonds. The van der Waals surface area contributed by atoms with Gasteiger partial charge in [-0.2, -0.15) is 0 Å². The summed E-state index contributed by atoms with van der Waals surface area (Å²) in [5.74, 6) is 0.193. The summed E-state index contributed by atoms with van der Waals surface area (Å²) in [6.45, 7) is 2.67. The quantitative estimate of drug-likeness (QED) is 0.300. The van der Waals surface area contributed by atoms with Gasteiger partial charge in [-0.1, -0.05) is 71.1 Å². The van der Waals surface area contributed by atoms with E-state index in [0.717, 1.165) is 6.42 Å². The molecule has 0 aromatic heterocycles. The van der Waals surface area contributed by atoms with E-state index in [4.69, 9.17) is 9.47 Å². The molecule has 20 heavy (non-hydrogen) atoms. The van der Waals surface area contributed by atoms with Crippen LogP contribution in [0.25, 0.3) is 0 Å². The third kappa shape index (κ3) is 15.6. The topological polar surface area (TPSA) is 35.5 Å². The summed E-state index contributed by atoms with van der Waals surface area (Å²) in [6.07, 6.45) is 15.1. The minimum atomic E-state index is 0.193. The zero-order chi connectivity index (χ0) is 14.9. The van der Waals surface area contributed by atoms with E-state index >= 15 is 0 Å². The fraction of sp³-hybridized carbons (Fsp3) is 0.941. The second-order valence-electron chi connectivity index (χ2n) is 5.58. The van der Waals surface area contributed by atoms with Crippen LogP contribution in [0.2, 0.25) is 0 Å². The van der Waals surface area contributed by atoms with Gasteiger partial charge in [0.2, 0.25) is 0 Å². The smallest absolute Gasteiger partial charge is 0.158 e. The Labute approximate surface area is 125 Å². The van der Waals surface area contributed by atoms with Gasteiger partial charge in [0, 0.05) is 13.5 Å². The fourth-order valence-electron chi connectivity index (χ4n) is 2.30. The number of unbranched alkanes of at least 4 members (excludes halogenated alkanes) is 10. The van der Waals surface area contributed by atoms with E-state index in [9.17, 15) is 4.79 Å². The van der Waals surface area contributed by atoms with Crippen LogP contribution in [0.4, 0.5) is 0 Å². The molecule has 120 valence electrons. The predicted octanol–water partition coefficient (Wildman–Crippen LogP) is 4.88. The van der Waals surface area contributed by atoms with Gasteiger partial charge >= 0.3 is 0 Å². The molecule has 0 saturated carbocycles. The van der Waals surface area contributed by atoms with Crippen molar-refractivity contribution >= 4 is 5.78 Å². The third-order valence-corrected chi connectivity index (χ3v) is 3.52. The predicted molar refractivity (Wildman–Crippen MR) is 83.9 cm³/mol. The lowest BCUT2D eigenvalue weighted by molar-refractivity contribution is -0.128. The normalized spacial score (nSPS) is 10.9. The number of hydrogen-bond acceptors (Lipinski definition) is 3. The highest BCUT2D eigenvalue weighted by molar-refractivity contribution is 5.79. The largest absolute Gasteiger partial charge is 0.359 e. The first-order chi connectivity index (χ1) is 9.81.